The molecule has 0 aliphatic rings. The maximum absolute atomic E-state index is 10.1. The number of aliphatic hydroxyl groups excluding tert-OH is 1. The zero-order valence-electron chi connectivity index (χ0n) is 40.8. The monoisotopic (exact) mass is 819 g/mol. The van der Waals surface area contributed by atoms with Crippen LogP contribution in [-0.4, -0.2) is 11.2 Å². The van der Waals surface area contributed by atoms with E-state index < -0.39 is 6.10 Å². The molecule has 0 aliphatic carbocycles. The number of hydrogen-bond acceptors (Lipinski definition) is 1. The Morgan fingerprint density at radius 2 is 0.475 bits per heavy atom. The first-order valence-electron chi connectivity index (χ1n) is 27.3. The van der Waals surface area contributed by atoms with Crippen LogP contribution in [0.4, 0.5) is 0 Å². The van der Waals surface area contributed by atoms with Gasteiger partial charge in [-0.2, -0.15) is 0 Å². The van der Waals surface area contributed by atoms with E-state index in [1.165, 1.54) is 270 Å². The lowest BCUT2D eigenvalue weighted by Crippen LogP contribution is -1.97. The normalized spacial score (nSPS) is 12.0. The SMILES string of the molecule is CCCCCCCCCCCCCCCCCC#CC(O)C#CCCCCCCCCCCCCCCCC(C)C#CCCCCCCCCCCCCCCCCC. The molecule has 344 valence electrons. The van der Waals surface area contributed by atoms with Crippen LogP contribution in [0.2, 0.25) is 0 Å². The molecule has 2 unspecified atom stereocenters. The second-order valence-electron chi connectivity index (χ2n) is 18.8. The van der Waals surface area contributed by atoms with Crippen LogP contribution >= 0.6 is 0 Å². The van der Waals surface area contributed by atoms with Gasteiger partial charge >= 0.3 is 0 Å². The van der Waals surface area contributed by atoms with Crippen molar-refractivity contribution in [2.45, 2.75) is 329 Å². The van der Waals surface area contributed by atoms with Crippen LogP contribution in [0.25, 0.3) is 0 Å². The van der Waals surface area contributed by atoms with Crippen LogP contribution in [0.1, 0.15) is 323 Å². The van der Waals surface area contributed by atoms with Crippen molar-refractivity contribution in [2.24, 2.45) is 5.92 Å². The Labute approximate surface area is 373 Å². The van der Waals surface area contributed by atoms with Gasteiger partial charge in [-0.25, -0.2) is 0 Å². The Bertz CT molecular complexity index is 976. The van der Waals surface area contributed by atoms with Gasteiger partial charge in [0.2, 0.25) is 0 Å². The fraction of sp³-hybridized carbons (Fsp3) is 0.897. The van der Waals surface area contributed by atoms with Crippen LogP contribution in [-0.2, 0) is 0 Å². The minimum absolute atomic E-state index is 0.579. The average molecular weight is 819 g/mol. The van der Waals surface area contributed by atoms with Crippen LogP contribution in [0, 0.1) is 41.4 Å². The first-order chi connectivity index (χ1) is 29.2. The number of aliphatic hydroxyl groups is 1. The third-order valence-electron chi connectivity index (χ3n) is 12.6. The van der Waals surface area contributed by atoms with Gasteiger partial charge in [-0.3, -0.25) is 0 Å². The van der Waals surface area contributed by atoms with E-state index in [9.17, 15) is 5.11 Å². The van der Waals surface area contributed by atoms with Crippen molar-refractivity contribution >= 4 is 0 Å². The minimum atomic E-state index is -0.766. The minimum Gasteiger partial charge on any atom is -0.369 e. The predicted octanol–water partition coefficient (Wildman–Crippen LogP) is 19.4. The van der Waals surface area contributed by atoms with Gasteiger partial charge in [0.05, 0.1) is 0 Å². The average Bonchev–Trinajstić information content (AvgIpc) is 3.24. The van der Waals surface area contributed by atoms with Crippen LogP contribution < -0.4 is 0 Å². The van der Waals surface area contributed by atoms with E-state index in [4.69, 9.17) is 0 Å². The summed E-state index contributed by atoms with van der Waals surface area (Å²) in [5.74, 6) is 19.8. The van der Waals surface area contributed by atoms with Gasteiger partial charge in [0.1, 0.15) is 0 Å². The van der Waals surface area contributed by atoms with Crippen molar-refractivity contribution in [1.29, 1.82) is 0 Å². The molecule has 0 aliphatic heterocycles. The molecule has 0 amide bonds. The lowest BCUT2D eigenvalue weighted by atomic mass is 10.0. The van der Waals surface area contributed by atoms with Gasteiger partial charge < -0.3 is 5.11 Å². The van der Waals surface area contributed by atoms with Crippen LogP contribution in [0.3, 0.4) is 0 Å². The molecule has 0 saturated carbocycles. The first-order valence-corrected chi connectivity index (χ1v) is 27.3. The topological polar surface area (TPSA) is 20.2 Å². The zero-order valence-corrected chi connectivity index (χ0v) is 40.8. The van der Waals surface area contributed by atoms with Gasteiger partial charge in [0.15, 0.2) is 6.10 Å². The summed E-state index contributed by atoms with van der Waals surface area (Å²) in [6.07, 6.45) is 63.4. The maximum Gasteiger partial charge on any atom is 0.176 e. The highest BCUT2D eigenvalue weighted by Crippen LogP contribution is 2.17. The third kappa shape index (κ3) is 52.7. The van der Waals surface area contributed by atoms with Gasteiger partial charge in [-0.15, -0.1) is 11.8 Å². The van der Waals surface area contributed by atoms with Crippen molar-refractivity contribution < 1.29 is 5.11 Å². The molecule has 59 heavy (non-hydrogen) atoms. The fourth-order valence-corrected chi connectivity index (χ4v) is 8.47. The molecule has 0 fully saturated rings. The molecule has 0 aromatic rings. The Hall–Kier alpha value is -1.36. The van der Waals surface area contributed by atoms with E-state index in [1.807, 2.05) is 0 Å². The summed E-state index contributed by atoms with van der Waals surface area (Å²) in [5.41, 5.74) is 0. The molecule has 1 heteroatoms. The highest BCUT2D eigenvalue weighted by molar-refractivity contribution is 5.19. The van der Waals surface area contributed by atoms with Crippen molar-refractivity contribution in [2.75, 3.05) is 0 Å². The second kappa shape index (κ2) is 52.8. The van der Waals surface area contributed by atoms with E-state index in [0.717, 1.165) is 32.1 Å². The standard InChI is InChI=1S/C58H106O/c1-4-6-8-10-12-14-16-18-20-22-25-29-33-37-41-45-49-53-57(3)54-50-46-42-38-34-30-26-24-28-32-36-40-44-48-52-56-58(59)55-51-47-43-39-35-31-27-23-21-19-17-15-13-11-9-7-5-2/h57-59H,4-48,50,54H2,1-3H3. The lowest BCUT2D eigenvalue weighted by molar-refractivity contribution is 0.289. The molecule has 1 nitrogen and oxygen atoms in total. The van der Waals surface area contributed by atoms with E-state index >= 15 is 0 Å². The highest BCUT2D eigenvalue weighted by Gasteiger charge is 2.00. The van der Waals surface area contributed by atoms with Crippen molar-refractivity contribution in [1.82, 2.24) is 0 Å². The van der Waals surface area contributed by atoms with E-state index in [2.05, 4.69) is 56.3 Å². The van der Waals surface area contributed by atoms with Gasteiger partial charge in [-0.05, 0) is 25.7 Å². The molecule has 0 spiro atoms. The summed E-state index contributed by atoms with van der Waals surface area (Å²) in [6.45, 7) is 6.93. The summed E-state index contributed by atoms with van der Waals surface area (Å²) in [6, 6.07) is 0. The van der Waals surface area contributed by atoms with Gasteiger partial charge in [0.25, 0.3) is 0 Å². The van der Waals surface area contributed by atoms with E-state index in [0.29, 0.717) is 5.92 Å². The summed E-state index contributed by atoms with van der Waals surface area (Å²) in [7, 11) is 0. The molecule has 0 bridgehead atoms. The molecule has 0 rings (SSSR count). The van der Waals surface area contributed by atoms with Gasteiger partial charge in [0, 0.05) is 25.2 Å². The third-order valence-corrected chi connectivity index (χ3v) is 12.6. The lowest BCUT2D eigenvalue weighted by Gasteiger charge is -2.05. The Morgan fingerprint density at radius 3 is 0.729 bits per heavy atom. The number of unbranched alkanes of at least 4 members (excludes halogenated alkanes) is 43. The Balaban J connectivity index is 3.36. The largest absolute Gasteiger partial charge is 0.369 e. The van der Waals surface area contributed by atoms with Gasteiger partial charge in [-0.1, -0.05) is 301 Å². The summed E-state index contributed by atoms with van der Waals surface area (Å²) >= 11 is 0. The maximum atomic E-state index is 10.1. The molecule has 1 N–H and O–H groups in total. The molecule has 0 heterocycles. The molecular formula is C58H106O. The first kappa shape index (κ1) is 57.6. The number of rotatable bonds is 45. The molecule has 0 aromatic carbocycles. The van der Waals surface area contributed by atoms with Crippen LogP contribution in [0.5, 0.6) is 0 Å². The highest BCUT2D eigenvalue weighted by atomic mass is 16.3. The predicted molar refractivity (Wildman–Crippen MR) is 267 cm³/mol. The molecule has 0 aromatic heterocycles. The fourth-order valence-electron chi connectivity index (χ4n) is 8.47. The summed E-state index contributed by atoms with van der Waals surface area (Å²) in [5, 5.41) is 10.1. The Morgan fingerprint density at radius 1 is 0.271 bits per heavy atom. The van der Waals surface area contributed by atoms with E-state index in [1.54, 1.807) is 0 Å². The number of hydrogen-bond donors (Lipinski definition) is 1. The van der Waals surface area contributed by atoms with Crippen molar-refractivity contribution in [3.63, 3.8) is 0 Å². The summed E-state index contributed by atoms with van der Waals surface area (Å²) < 4.78 is 0. The second-order valence-corrected chi connectivity index (χ2v) is 18.8. The van der Waals surface area contributed by atoms with E-state index in [-0.39, 0.29) is 0 Å². The Kier molecular flexibility index (Phi) is 51.6. The molecular weight excluding hydrogens is 713 g/mol. The summed E-state index contributed by atoms with van der Waals surface area (Å²) in [4.78, 5) is 0. The molecule has 0 radical (unpaired) electrons. The van der Waals surface area contributed by atoms with Crippen LogP contribution in [0.15, 0.2) is 0 Å². The quantitative estimate of drug-likeness (QED) is 0.0479. The van der Waals surface area contributed by atoms with Crippen molar-refractivity contribution in [3.8, 4) is 35.5 Å². The molecule has 0 saturated heterocycles. The zero-order chi connectivity index (χ0) is 42.6. The smallest absolute Gasteiger partial charge is 0.176 e. The van der Waals surface area contributed by atoms with Crippen molar-refractivity contribution in [3.05, 3.63) is 0 Å². The molecule has 2 atom stereocenters.